The van der Waals surface area contributed by atoms with Crippen LogP contribution in [0.25, 0.3) is 0 Å². The molecular weight excluding hydrogens is 234 g/mol. The number of anilines is 2. The minimum absolute atomic E-state index is 0.114. The second kappa shape index (κ2) is 5.14. The van der Waals surface area contributed by atoms with Crippen molar-refractivity contribution in [3.8, 4) is 0 Å². The van der Waals surface area contributed by atoms with Crippen molar-refractivity contribution in [2.24, 2.45) is 5.73 Å². The number of para-hydroxylation sites is 1. The molecule has 2 aromatic rings. The number of amidine groups is 1. The van der Waals surface area contributed by atoms with Crippen LogP contribution in [0.1, 0.15) is 16.7 Å². The number of hydrogen-bond acceptors (Lipinski definition) is 2. The summed E-state index contributed by atoms with van der Waals surface area (Å²) >= 11 is 0. The van der Waals surface area contributed by atoms with Gasteiger partial charge in [0.25, 0.3) is 0 Å². The Morgan fingerprint density at radius 3 is 2.32 bits per heavy atom. The van der Waals surface area contributed by atoms with Gasteiger partial charge in [0.1, 0.15) is 5.84 Å². The molecule has 3 nitrogen and oxygen atoms in total. The molecule has 0 atom stereocenters. The van der Waals surface area contributed by atoms with Crippen molar-refractivity contribution in [3.05, 3.63) is 59.2 Å². The molecule has 0 amide bonds. The molecule has 2 rings (SSSR count). The molecule has 0 unspecified atom stereocenters. The Morgan fingerprint density at radius 1 is 1.05 bits per heavy atom. The maximum atomic E-state index is 7.52. The lowest BCUT2D eigenvalue weighted by Crippen LogP contribution is -2.15. The second-order valence-electron chi connectivity index (χ2n) is 4.76. The highest BCUT2D eigenvalue weighted by Gasteiger charge is 2.09. The van der Waals surface area contributed by atoms with Crippen molar-refractivity contribution in [3.63, 3.8) is 0 Å². The largest absolute Gasteiger partial charge is 0.384 e. The lowest BCUT2D eigenvalue weighted by molar-refractivity contribution is 1.18. The smallest absolute Gasteiger partial charge is 0.123 e. The third kappa shape index (κ3) is 2.60. The van der Waals surface area contributed by atoms with Crippen LogP contribution in [0.3, 0.4) is 0 Å². The molecule has 0 radical (unpaired) electrons. The van der Waals surface area contributed by atoms with Crippen molar-refractivity contribution in [2.45, 2.75) is 13.8 Å². The fourth-order valence-electron chi connectivity index (χ4n) is 2.24. The molecule has 0 saturated carbocycles. The summed E-state index contributed by atoms with van der Waals surface area (Å²) in [7, 11) is 2.05. The average molecular weight is 253 g/mol. The Hall–Kier alpha value is -2.29. The molecule has 0 aliphatic rings. The molecule has 0 saturated heterocycles. The summed E-state index contributed by atoms with van der Waals surface area (Å²) in [5, 5.41) is 7.52. The van der Waals surface area contributed by atoms with Gasteiger partial charge in [-0.25, -0.2) is 0 Å². The number of nitrogens with two attached hydrogens (primary N) is 1. The lowest BCUT2D eigenvalue weighted by atomic mass is 10.1. The number of nitrogen functional groups attached to an aromatic ring is 1. The molecule has 0 aliphatic carbocycles. The van der Waals surface area contributed by atoms with Crippen molar-refractivity contribution in [2.75, 3.05) is 11.9 Å². The standard InChI is InChI=1S/C16H19N3/c1-11-6-4-5-7-15(11)19(3)13-8-9-14(16(17)18)12(2)10-13/h4-10H,1-3H3,(H3,17,18). The van der Waals surface area contributed by atoms with Crippen LogP contribution < -0.4 is 10.6 Å². The Bertz CT molecular complexity index is 617. The third-order valence-corrected chi connectivity index (χ3v) is 3.36. The van der Waals surface area contributed by atoms with E-state index in [0.717, 1.165) is 16.8 Å². The van der Waals surface area contributed by atoms with Gasteiger partial charge in [-0.1, -0.05) is 18.2 Å². The molecule has 3 N–H and O–H groups in total. The first-order chi connectivity index (χ1) is 9.00. The van der Waals surface area contributed by atoms with Crippen LogP contribution in [-0.2, 0) is 0 Å². The summed E-state index contributed by atoms with van der Waals surface area (Å²) in [6.07, 6.45) is 0. The SMILES string of the molecule is Cc1cc(N(C)c2ccccc2C)ccc1C(=N)N. The zero-order valence-corrected chi connectivity index (χ0v) is 11.6. The van der Waals surface area contributed by atoms with Gasteiger partial charge in [-0.15, -0.1) is 0 Å². The quantitative estimate of drug-likeness (QED) is 0.651. The minimum atomic E-state index is 0.114. The Balaban J connectivity index is 2.40. The van der Waals surface area contributed by atoms with Crippen LogP contribution in [0.15, 0.2) is 42.5 Å². The highest BCUT2D eigenvalue weighted by atomic mass is 15.1. The van der Waals surface area contributed by atoms with E-state index in [-0.39, 0.29) is 5.84 Å². The van der Waals surface area contributed by atoms with Crippen LogP contribution in [0.5, 0.6) is 0 Å². The number of rotatable bonds is 3. The number of benzene rings is 2. The Morgan fingerprint density at radius 2 is 1.74 bits per heavy atom. The summed E-state index contributed by atoms with van der Waals surface area (Å²) < 4.78 is 0. The van der Waals surface area contributed by atoms with Crippen LogP contribution in [0.4, 0.5) is 11.4 Å². The first-order valence-electron chi connectivity index (χ1n) is 6.25. The van der Waals surface area contributed by atoms with Crippen LogP contribution >= 0.6 is 0 Å². The molecule has 0 heterocycles. The first-order valence-corrected chi connectivity index (χ1v) is 6.25. The molecule has 3 heteroatoms. The highest BCUT2D eigenvalue weighted by molar-refractivity contribution is 5.96. The van der Waals surface area contributed by atoms with E-state index in [1.54, 1.807) is 0 Å². The van der Waals surface area contributed by atoms with E-state index >= 15 is 0 Å². The van der Waals surface area contributed by atoms with Gasteiger partial charge in [0.2, 0.25) is 0 Å². The van der Waals surface area contributed by atoms with E-state index in [1.807, 2.05) is 38.2 Å². The number of hydrogen-bond donors (Lipinski definition) is 2. The van der Waals surface area contributed by atoms with Gasteiger partial charge in [0.05, 0.1) is 0 Å². The van der Waals surface area contributed by atoms with Gasteiger partial charge >= 0.3 is 0 Å². The van der Waals surface area contributed by atoms with Crippen LogP contribution in [-0.4, -0.2) is 12.9 Å². The molecule has 0 aromatic heterocycles. The van der Waals surface area contributed by atoms with Crippen LogP contribution in [0, 0.1) is 19.3 Å². The predicted molar refractivity (Wildman–Crippen MR) is 81.4 cm³/mol. The van der Waals surface area contributed by atoms with E-state index in [9.17, 15) is 0 Å². The van der Waals surface area contributed by atoms with E-state index in [0.29, 0.717) is 0 Å². The molecule has 0 fully saturated rings. The van der Waals surface area contributed by atoms with Gasteiger partial charge < -0.3 is 10.6 Å². The molecule has 0 bridgehead atoms. The fourth-order valence-corrected chi connectivity index (χ4v) is 2.24. The monoisotopic (exact) mass is 253 g/mol. The normalized spacial score (nSPS) is 10.3. The van der Waals surface area contributed by atoms with Gasteiger partial charge in [-0.05, 0) is 49.2 Å². The van der Waals surface area contributed by atoms with E-state index < -0.39 is 0 Å². The molecule has 0 spiro atoms. The van der Waals surface area contributed by atoms with Gasteiger partial charge in [0, 0.05) is 24.0 Å². The Labute approximate surface area is 114 Å². The van der Waals surface area contributed by atoms with E-state index in [4.69, 9.17) is 11.1 Å². The summed E-state index contributed by atoms with van der Waals surface area (Å²) in [5.74, 6) is 0.114. The van der Waals surface area contributed by atoms with Gasteiger partial charge in [0.15, 0.2) is 0 Å². The summed E-state index contributed by atoms with van der Waals surface area (Å²) in [5.41, 5.74) is 10.9. The fraction of sp³-hybridized carbons (Fsp3) is 0.188. The number of nitrogens with one attached hydrogen (secondary N) is 1. The molecule has 0 aliphatic heterocycles. The van der Waals surface area contributed by atoms with E-state index in [1.165, 1.54) is 11.3 Å². The molecule has 2 aromatic carbocycles. The lowest BCUT2D eigenvalue weighted by Gasteiger charge is -2.22. The van der Waals surface area contributed by atoms with Gasteiger partial charge in [-0.2, -0.15) is 0 Å². The first kappa shape index (κ1) is 13.1. The predicted octanol–water partition coefficient (Wildman–Crippen LogP) is 3.36. The third-order valence-electron chi connectivity index (χ3n) is 3.36. The maximum Gasteiger partial charge on any atom is 0.123 e. The average Bonchev–Trinajstić information content (AvgIpc) is 2.38. The van der Waals surface area contributed by atoms with Crippen molar-refractivity contribution in [1.82, 2.24) is 0 Å². The van der Waals surface area contributed by atoms with Crippen molar-refractivity contribution in [1.29, 1.82) is 5.41 Å². The Kier molecular flexibility index (Phi) is 3.56. The zero-order chi connectivity index (χ0) is 14.0. The van der Waals surface area contributed by atoms with Crippen LogP contribution in [0.2, 0.25) is 0 Å². The summed E-state index contributed by atoms with van der Waals surface area (Å²) in [6.45, 7) is 4.08. The molecule has 19 heavy (non-hydrogen) atoms. The molecule has 98 valence electrons. The second-order valence-corrected chi connectivity index (χ2v) is 4.76. The van der Waals surface area contributed by atoms with E-state index in [2.05, 4.69) is 30.0 Å². The maximum absolute atomic E-state index is 7.52. The topological polar surface area (TPSA) is 53.1 Å². The molecular formula is C16H19N3. The van der Waals surface area contributed by atoms with Crippen molar-refractivity contribution >= 4 is 17.2 Å². The van der Waals surface area contributed by atoms with Crippen molar-refractivity contribution < 1.29 is 0 Å². The number of nitrogens with zero attached hydrogens (tertiary/aromatic N) is 1. The number of aryl methyl sites for hydroxylation is 2. The summed E-state index contributed by atoms with van der Waals surface area (Å²) in [4.78, 5) is 2.15. The summed E-state index contributed by atoms with van der Waals surface area (Å²) in [6, 6.07) is 14.2. The minimum Gasteiger partial charge on any atom is -0.384 e. The van der Waals surface area contributed by atoms with Gasteiger partial charge in [-0.3, -0.25) is 5.41 Å². The highest BCUT2D eigenvalue weighted by Crippen LogP contribution is 2.27. The zero-order valence-electron chi connectivity index (χ0n) is 11.6.